The molecule has 4 aliphatic rings. The molecule has 3 aromatic rings. The van der Waals surface area contributed by atoms with Crippen LogP contribution in [-0.4, -0.2) is 61.9 Å². The molecule has 7 rings (SSSR count). The molecule has 6 atom stereocenters. The summed E-state index contributed by atoms with van der Waals surface area (Å²) in [4.78, 5) is 28.1. The van der Waals surface area contributed by atoms with Crippen molar-refractivity contribution < 1.29 is 39.1 Å². The molecular formula is C45H53N3O10S. The molecule has 314 valence electrons. The number of allylic oxidation sites excluding steroid dienone is 1. The lowest BCUT2D eigenvalue weighted by atomic mass is 9.56. The molecule has 0 radical (unpaired) electrons. The van der Waals surface area contributed by atoms with Crippen LogP contribution in [0, 0.1) is 38.0 Å². The van der Waals surface area contributed by atoms with Crippen molar-refractivity contribution in [2.24, 2.45) is 22.9 Å². The zero-order chi connectivity index (χ0) is 41.4. The highest BCUT2D eigenvalue weighted by Crippen LogP contribution is 2.63. The van der Waals surface area contributed by atoms with Gasteiger partial charge in [-0.3, -0.25) is 20.2 Å². The molecule has 0 spiro atoms. The number of aliphatic hydroxyl groups excluding tert-OH is 2. The molecule has 2 N–H and O–H groups in total. The van der Waals surface area contributed by atoms with Crippen LogP contribution in [0.3, 0.4) is 0 Å². The number of ether oxygens (including phenoxy) is 3. The number of aliphatic hydroxyl groups is 2. The minimum Gasteiger partial charge on any atom is -0.460 e. The lowest BCUT2D eigenvalue weighted by molar-refractivity contribution is -0.385. The standard InChI is InChI=1S/C45H53N3O10S/c1-2-24-55-45-42(59-36-13-3-4-14-36)28-40(46-56-29-30-16-18-32(19-17-30)47(51)52)38-25-31(10-5-7-22-49)37(15-6-8-23-50)43(44(38)45)39-27-35(20-21-41(39)58-45)57-34-12-9-11-33(26-34)48(53)54/h2,9,11-12,16-21,25-27,31,36-37,42-44,49-50H,1,3-8,10,13-15,22-24,28-29H2/t31-,37+,42-,43+,44+,45+/m0/s1. The number of rotatable bonds is 20. The van der Waals surface area contributed by atoms with E-state index in [1.165, 1.54) is 37.1 Å². The summed E-state index contributed by atoms with van der Waals surface area (Å²) in [5.41, 5.74) is 3.44. The van der Waals surface area contributed by atoms with Crippen LogP contribution < -0.4 is 9.47 Å². The van der Waals surface area contributed by atoms with E-state index in [0.29, 0.717) is 41.8 Å². The Morgan fingerprint density at radius 1 is 0.915 bits per heavy atom. The molecule has 0 amide bonds. The van der Waals surface area contributed by atoms with Gasteiger partial charge >= 0.3 is 0 Å². The number of oxime groups is 1. The first-order valence-corrected chi connectivity index (χ1v) is 21.7. The van der Waals surface area contributed by atoms with Gasteiger partial charge in [0, 0.05) is 54.6 Å². The predicted molar refractivity (Wildman–Crippen MR) is 226 cm³/mol. The number of thioether (sulfide) groups is 1. The zero-order valence-electron chi connectivity index (χ0n) is 33.2. The number of non-ortho nitro benzene ring substituents is 2. The number of unbranched alkanes of at least 4 members (excludes halogenated alkanes) is 2. The van der Waals surface area contributed by atoms with Gasteiger partial charge in [-0.05, 0) is 97.9 Å². The van der Waals surface area contributed by atoms with E-state index >= 15 is 0 Å². The highest BCUT2D eigenvalue weighted by molar-refractivity contribution is 8.00. The molecule has 3 aromatic carbocycles. The van der Waals surface area contributed by atoms with Crippen molar-refractivity contribution in [3.8, 4) is 17.2 Å². The van der Waals surface area contributed by atoms with E-state index in [0.717, 1.165) is 60.9 Å². The molecule has 3 aliphatic carbocycles. The summed E-state index contributed by atoms with van der Waals surface area (Å²) in [5, 5.41) is 47.8. The molecule has 1 heterocycles. The smallest absolute Gasteiger partial charge is 0.273 e. The molecule has 2 fully saturated rings. The average Bonchev–Trinajstić information content (AvgIpc) is 3.76. The first-order chi connectivity index (χ1) is 28.7. The van der Waals surface area contributed by atoms with E-state index in [2.05, 4.69) is 12.7 Å². The molecule has 0 bridgehead atoms. The molecule has 0 unspecified atom stereocenters. The Morgan fingerprint density at radius 3 is 2.36 bits per heavy atom. The summed E-state index contributed by atoms with van der Waals surface area (Å²) in [6.45, 7) is 4.61. The zero-order valence-corrected chi connectivity index (χ0v) is 34.0. The van der Waals surface area contributed by atoms with Crippen molar-refractivity contribution >= 4 is 28.8 Å². The van der Waals surface area contributed by atoms with Gasteiger partial charge in [0.15, 0.2) is 0 Å². The number of nitrogens with zero attached hydrogens (tertiary/aromatic N) is 3. The van der Waals surface area contributed by atoms with Crippen molar-refractivity contribution in [3.05, 3.63) is 122 Å². The van der Waals surface area contributed by atoms with Crippen LogP contribution in [0.1, 0.15) is 87.7 Å². The van der Waals surface area contributed by atoms with Crippen molar-refractivity contribution in [2.75, 3.05) is 19.8 Å². The Labute approximate surface area is 348 Å². The Bertz CT molecular complexity index is 2020. The van der Waals surface area contributed by atoms with Gasteiger partial charge in [-0.1, -0.05) is 49.1 Å². The fourth-order valence-electron chi connectivity index (χ4n) is 9.46. The third-order valence-electron chi connectivity index (χ3n) is 12.1. The van der Waals surface area contributed by atoms with E-state index in [-0.39, 0.29) is 66.7 Å². The van der Waals surface area contributed by atoms with Crippen molar-refractivity contribution in [1.82, 2.24) is 0 Å². The third kappa shape index (κ3) is 9.51. The van der Waals surface area contributed by atoms with Crippen LogP contribution in [0.25, 0.3) is 0 Å². The second-order valence-corrected chi connectivity index (χ2v) is 17.3. The number of benzene rings is 3. The maximum absolute atomic E-state index is 11.6. The molecule has 0 aromatic heterocycles. The second-order valence-electron chi connectivity index (χ2n) is 15.8. The van der Waals surface area contributed by atoms with Gasteiger partial charge in [-0.2, -0.15) is 0 Å². The van der Waals surface area contributed by atoms with E-state index in [1.807, 2.05) is 30.0 Å². The Balaban J connectivity index is 1.36. The Morgan fingerprint density at radius 2 is 1.64 bits per heavy atom. The van der Waals surface area contributed by atoms with Crippen LogP contribution in [0.15, 0.2) is 96.2 Å². The fraction of sp³-hybridized carbons (Fsp3) is 0.489. The summed E-state index contributed by atoms with van der Waals surface area (Å²) < 4.78 is 20.7. The second kappa shape index (κ2) is 19.5. The summed E-state index contributed by atoms with van der Waals surface area (Å²) in [7, 11) is 0. The maximum atomic E-state index is 11.6. The number of nitro benzene ring substituents is 2. The van der Waals surface area contributed by atoms with Gasteiger partial charge in [-0.15, -0.1) is 18.3 Å². The number of hydrogen-bond donors (Lipinski definition) is 2. The topological polar surface area (TPSA) is 176 Å². The number of hydrogen-bond acceptors (Lipinski definition) is 12. The lowest BCUT2D eigenvalue weighted by Gasteiger charge is -2.58. The van der Waals surface area contributed by atoms with Crippen LogP contribution in [0.4, 0.5) is 11.4 Å². The van der Waals surface area contributed by atoms with E-state index in [1.54, 1.807) is 30.3 Å². The van der Waals surface area contributed by atoms with Gasteiger partial charge in [-0.25, -0.2) is 0 Å². The molecular weight excluding hydrogens is 775 g/mol. The Kier molecular flexibility index (Phi) is 14.0. The van der Waals surface area contributed by atoms with Crippen LogP contribution >= 0.6 is 11.8 Å². The molecule has 2 saturated carbocycles. The minimum absolute atomic E-state index is 0.00499. The van der Waals surface area contributed by atoms with E-state index in [4.69, 9.17) is 24.2 Å². The number of nitro groups is 2. The van der Waals surface area contributed by atoms with Crippen molar-refractivity contribution in [1.29, 1.82) is 0 Å². The predicted octanol–water partition coefficient (Wildman–Crippen LogP) is 9.80. The van der Waals surface area contributed by atoms with Crippen LogP contribution in [-0.2, 0) is 16.2 Å². The highest BCUT2D eigenvalue weighted by Gasteiger charge is 2.64. The van der Waals surface area contributed by atoms with Gasteiger partial charge < -0.3 is 29.3 Å². The Hall–Kier alpha value is -4.76. The first-order valence-electron chi connectivity index (χ1n) is 20.8. The fourth-order valence-corrected chi connectivity index (χ4v) is 11.2. The van der Waals surface area contributed by atoms with Gasteiger partial charge in [0.25, 0.3) is 11.4 Å². The first kappa shape index (κ1) is 42.4. The molecule has 14 heteroatoms. The van der Waals surface area contributed by atoms with Gasteiger partial charge in [0.1, 0.15) is 23.9 Å². The van der Waals surface area contributed by atoms with Crippen molar-refractivity contribution in [2.45, 2.75) is 99.4 Å². The normalized spacial score (nSPS) is 25.4. The minimum atomic E-state index is -1.10. The molecule has 13 nitrogen and oxygen atoms in total. The summed E-state index contributed by atoms with van der Waals surface area (Å²) in [5.74, 6) is 0.144. The van der Waals surface area contributed by atoms with E-state index < -0.39 is 15.6 Å². The third-order valence-corrected chi connectivity index (χ3v) is 13.8. The molecule has 0 saturated heterocycles. The van der Waals surface area contributed by atoms with Crippen molar-refractivity contribution in [3.63, 3.8) is 0 Å². The highest BCUT2D eigenvalue weighted by atomic mass is 32.2. The maximum Gasteiger partial charge on any atom is 0.273 e. The van der Waals surface area contributed by atoms with Crippen LogP contribution in [0.2, 0.25) is 0 Å². The van der Waals surface area contributed by atoms with Crippen LogP contribution in [0.5, 0.6) is 17.2 Å². The SMILES string of the molecule is C=CCO[C@@]12Oc3ccc(Oc4cccc([N+](=O)[O-])c4)cc3[C@H]3[C@H](CCCCO)[C@@H](CCCCO)C=C(C(=NOCc4ccc([N+](=O)[O-])cc4)C[C@@H]1SC1CCCC1)[C@H]32. The van der Waals surface area contributed by atoms with Gasteiger partial charge in [0.2, 0.25) is 5.79 Å². The van der Waals surface area contributed by atoms with Gasteiger partial charge in [0.05, 0.1) is 39.4 Å². The average molecular weight is 828 g/mol. The lowest BCUT2D eigenvalue weighted by Crippen LogP contribution is -2.64. The summed E-state index contributed by atoms with van der Waals surface area (Å²) in [6, 6.07) is 18.2. The number of fused-ring (bicyclic) bond motifs is 2. The molecule has 1 aliphatic heterocycles. The monoisotopic (exact) mass is 827 g/mol. The summed E-state index contributed by atoms with van der Waals surface area (Å²) in [6.07, 6.45) is 13.8. The van der Waals surface area contributed by atoms with E-state index in [9.17, 15) is 30.4 Å². The molecule has 59 heavy (non-hydrogen) atoms. The largest absolute Gasteiger partial charge is 0.460 e. The quantitative estimate of drug-likeness (QED) is 0.0480. The summed E-state index contributed by atoms with van der Waals surface area (Å²) >= 11 is 1.91.